The third-order valence-corrected chi connectivity index (χ3v) is 0.898. The van der Waals surface area contributed by atoms with Gasteiger partial charge in [-0.05, 0) is 0 Å². The summed E-state index contributed by atoms with van der Waals surface area (Å²) in [5.74, 6) is 0. The lowest BCUT2D eigenvalue weighted by atomic mass is 10.3. The molecule has 0 bridgehead atoms. The highest BCUT2D eigenvalue weighted by Crippen LogP contribution is 1.89. The van der Waals surface area contributed by atoms with Gasteiger partial charge in [0.05, 0.1) is 25.6 Å². The van der Waals surface area contributed by atoms with E-state index in [2.05, 4.69) is 6.58 Å². The minimum absolute atomic E-state index is 0.208. The Morgan fingerprint density at radius 2 is 2.33 bits per heavy atom. The molecule has 0 saturated carbocycles. The third-order valence-electron chi connectivity index (χ3n) is 0.898. The van der Waals surface area contributed by atoms with Crippen molar-refractivity contribution in [2.45, 2.75) is 12.5 Å². The van der Waals surface area contributed by atoms with E-state index in [0.29, 0.717) is 13.0 Å². The molecule has 0 saturated heterocycles. The van der Waals surface area contributed by atoms with Crippen molar-refractivity contribution in [2.24, 2.45) is 0 Å². The van der Waals surface area contributed by atoms with Gasteiger partial charge in [-0.1, -0.05) is 6.58 Å². The summed E-state index contributed by atoms with van der Waals surface area (Å²) in [6, 6.07) is 0. The normalized spacial score (nSPS) is 12.7. The van der Waals surface area contributed by atoms with Crippen LogP contribution in [-0.4, -0.2) is 29.5 Å². The molecule has 54 valence electrons. The van der Waals surface area contributed by atoms with Gasteiger partial charge in [0.15, 0.2) is 0 Å². The zero-order chi connectivity index (χ0) is 7.11. The van der Waals surface area contributed by atoms with E-state index >= 15 is 0 Å². The third kappa shape index (κ3) is 5.33. The van der Waals surface area contributed by atoms with Crippen molar-refractivity contribution in [1.29, 1.82) is 0 Å². The minimum Gasteiger partial charge on any atom is -0.502 e. The molecule has 0 rings (SSSR count). The lowest BCUT2D eigenvalue weighted by Gasteiger charge is -2.04. The molecule has 2 N–H and O–H groups in total. The summed E-state index contributed by atoms with van der Waals surface area (Å²) in [4.78, 5) is 0. The molecular weight excluding hydrogens is 120 g/mol. The van der Waals surface area contributed by atoms with Crippen LogP contribution in [0.3, 0.4) is 0 Å². The Morgan fingerprint density at radius 3 is 2.78 bits per heavy atom. The van der Waals surface area contributed by atoms with Crippen molar-refractivity contribution in [1.82, 2.24) is 0 Å². The Hall–Kier alpha value is -0.540. The van der Waals surface area contributed by atoms with Gasteiger partial charge in [-0.15, -0.1) is 0 Å². The number of aliphatic hydroxyl groups excluding tert-OH is 2. The highest BCUT2D eigenvalue weighted by atomic mass is 16.5. The van der Waals surface area contributed by atoms with Crippen LogP contribution < -0.4 is 0 Å². The second kappa shape index (κ2) is 5.59. The van der Waals surface area contributed by atoms with Gasteiger partial charge in [-0.25, -0.2) is 0 Å². The van der Waals surface area contributed by atoms with Gasteiger partial charge in [0.25, 0.3) is 0 Å². The van der Waals surface area contributed by atoms with Gasteiger partial charge < -0.3 is 14.9 Å². The van der Waals surface area contributed by atoms with E-state index in [4.69, 9.17) is 14.9 Å². The van der Waals surface area contributed by atoms with E-state index < -0.39 is 6.10 Å². The van der Waals surface area contributed by atoms with Crippen LogP contribution in [0, 0.1) is 0 Å². The molecule has 0 heterocycles. The van der Waals surface area contributed by atoms with Crippen LogP contribution in [0.25, 0.3) is 0 Å². The summed E-state index contributed by atoms with van der Waals surface area (Å²) in [6.45, 7) is 3.52. The Bertz CT molecular complexity index is 72.7. The Labute approximate surface area is 54.6 Å². The van der Waals surface area contributed by atoms with Crippen molar-refractivity contribution in [3.8, 4) is 0 Å². The largest absolute Gasteiger partial charge is 0.502 e. The molecule has 0 aliphatic carbocycles. The molecule has 3 heteroatoms. The fraction of sp³-hybridized carbons (Fsp3) is 0.667. The van der Waals surface area contributed by atoms with E-state index in [1.807, 2.05) is 0 Å². The molecule has 1 unspecified atom stereocenters. The molecule has 0 aromatic carbocycles. The van der Waals surface area contributed by atoms with Crippen LogP contribution in [0.5, 0.6) is 0 Å². The maximum atomic E-state index is 8.72. The predicted molar refractivity (Wildman–Crippen MR) is 33.9 cm³/mol. The lowest BCUT2D eigenvalue weighted by molar-refractivity contribution is 0.0690. The quantitative estimate of drug-likeness (QED) is 0.405. The molecule has 0 aromatic rings. The smallest absolute Gasteiger partial charge is 0.0898 e. The van der Waals surface area contributed by atoms with Crippen molar-refractivity contribution in [2.75, 3.05) is 13.2 Å². The molecule has 0 aromatic heterocycles. The molecule has 0 radical (unpaired) electrons. The first-order valence-corrected chi connectivity index (χ1v) is 2.82. The fourth-order valence-electron chi connectivity index (χ4n) is 0.379. The summed E-state index contributed by atoms with van der Waals surface area (Å²) in [5.41, 5.74) is 0. The van der Waals surface area contributed by atoms with Crippen LogP contribution in [0.15, 0.2) is 12.8 Å². The zero-order valence-electron chi connectivity index (χ0n) is 5.29. The molecule has 1 atom stereocenters. The van der Waals surface area contributed by atoms with Gasteiger partial charge in [0.2, 0.25) is 0 Å². The van der Waals surface area contributed by atoms with Gasteiger partial charge in [-0.3, -0.25) is 0 Å². The van der Waals surface area contributed by atoms with E-state index in [-0.39, 0.29) is 6.61 Å². The molecule has 0 aliphatic rings. The van der Waals surface area contributed by atoms with Crippen molar-refractivity contribution in [3.63, 3.8) is 0 Å². The lowest BCUT2D eigenvalue weighted by Crippen LogP contribution is -2.13. The topological polar surface area (TPSA) is 49.7 Å². The second-order valence-corrected chi connectivity index (χ2v) is 1.66. The first-order chi connectivity index (χ1) is 4.31. The highest BCUT2D eigenvalue weighted by molar-refractivity contribution is 4.54. The van der Waals surface area contributed by atoms with E-state index in [1.165, 1.54) is 6.26 Å². The molecular formula is C6H12O3. The first-order valence-electron chi connectivity index (χ1n) is 2.82. The highest BCUT2D eigenvalue weighted by Gasteiger charge is 1.99. The van der Waals surface area contributed by atoms with Gasteiger partial charge in [0.1, 0.15) is 0 Å². The van der Waals surface area contributed by atoms with Gasteiger partial charge in [0, 0.05) is 6.42 Å². The summed E-state index contributed by atoms with van der Waals surface area (Å²) in [6.07, 6.45) is 1.09. The molecule has 3 nitrogen and oxygen atoms in total. The van der Waals surface area contributed by atoms with E-state index in [9.17, 15) is 0 Å². The Balaban J connectivity index is 2.96. The fourth-order valence-corrected chi connectivity index (χ4v) is 0.379. The van der Waals surface area contributed by atoms with Crippen LogP contribution in [0.4, 0.5) is 0 Å². The summed E-state index contributed by atoms with van der Waals surface area (Å²) < 4.78 is 4.70. The molecule has 0 fully saturated rings. The standard InChI is InChI=1S/C6H12O3/c1-2-9-4-3-6(8)5-7/h2,6-8H,1,3-5H2. The van der Waals surface area contributed by atoms with Crippen LogP contribution in [-0.2, 0) is 4.74 Å². The minimum atomic E-state index is -0.662. The van der Waals surface area contributed by atoms with E-state index in [0.717, 1.165) is 0 Å². The number of rotatable bonds is 5. The van der Waals surface area contributed by atoms with Crippen molar-refractivity contribution >= 4 is 0 Å². The summed E-state index contributed by atoms with van der Waals surface area (Å²) in [5, 5.41) is 17.0. The SMILES string of the molecule is C=COCCC(O)CO. The van der Waals surface area contributed by atoms with Crippen LogP contribution in [0.1, 0.15) is 6.42 Å². The maximum Gasteiger partial charge on any atom is 0.0898 e. The monoisotopic (exact) mass is 132 g/mol. The summed E-state index contributed by atoms with van der Waals surface area (Å²) >= 11 is 0. The van der Waals surface area contributed by atoms with Crippen LogP contribution in [0.2, 0.25) is 0 Å². The van der Waals surface area contributed by atoms with Gasteiger partial charge >= 0.3 is 0 Å². The Kier molecular flexibility index (Phi) is 5.26. The zero-order valence-corrected chi connectivity index (χ0v) is 5.29. The molecule has 0 aliphatic heterocycles. The Morgan fingerprint density at radius 1 is 1.67 bits per heavy atom. The average molecular weight is 132 g/mol. The second-order valence-electron chi connectivity index (χ2n) is 1.66. The van der Waals surface area contributed by atoms with Crippen LogP contribution >= 0.6 is 0 Å². The number of hydrogen-bond acceptors (Lipinski definition) is 3. The maximum absolute atomic E-state index is 8.72. The first kappa shape index (κ1) is 8.46. The average Bonchev–Trinajstić information content (AvgIpc) is 1.89. The molecule has 9 heavy (non-hydrogen) atoms. The molecule has 0 amide bonds. The van der Waals surface area contributed by atoms with E-state index in [1.54, 1.807) is 0 Å². The number of hydrogen-bond donors (Lipinski definition) is 2. The number of aliphatic hydroxyl groups is 2. The number of ether oxygens (including phenoxy) is 1. The molecule has 0 spiro atoms. The van der Waals surface area contributed by atoms with Crippen molar-refractivity contribution in [3.05, 3.63) is 12.8 Å². The summed E-state index contributed by atoms with van der Waals surface area (Å²) in [7, 11) is 0. The van der Waals surface area contributed by atoms with Crippen molar-refractivity contribution < 1.29 is 14.9 Å². The predicted octanol–water partition coefficient (Wildman–Crippen LogP) is -0.110. The van der Waals surface area contributed by atoms with Gasteiger partial charge in [-0.2, -0.15) is 0 Å².